The molecule has 1 N–H and O–H groups in total. The van der Waals surface area contributed by atoms with Crippen molar-refractivity contribution in [2.24, 2.45) is 5.92 Å². The van der Waals surface area contributed by atoms with E-state index >= 15 is 0 Å². The van der Waals surface area contributed by atoms with Crippen LogP contribution < -0.4 is 10.1 Å². The molecular formula is C14H14ClN3O4. The second-order valence-electron chi connectivity index (χ2n) is 5.30. The van der Waals surface area contributed by atoms with E-state index in [1.807, 2.05) is 0 Å². The molecule has 0 aliphatic heterocycles. The van der Waals surface area contributed by atoms with Crippen LogP contribution in [0, 0.1) is 27.4 Å². The molecule has 1 unspecified atom stereocenters. The van der Waals surface area contributed by atoms with Gasteiger partial charge in [0.1, 0.15) is 11.3 Å². The number of nitro benzene ring substituents is 1. The predicted octanol–water partition coefficient (Wildman–Crippen LogP) is 2.44. The summed E-state index contributed by atoms with van der Waals surface area (Å²) in [5.74, 6) is -0.0951. The van der Waals surface area contributed by atoms with Crippen LogP contribution in [0.3, 0.4) is 0 Å². The molecule has 1 atom stereocenters. The van der Waals surface area contributed by atoms with Crippen LogP contribution in [0.5, 0.6) is 5.75 Å². The summed E-state index contributed by atoms with van der Waals surface area (Å²) in [6, 6.07) is 5.83. The first kappa shape index (κ1) is 16.0. The van der Waals surface area contributed by atoms with E-state index in [-0.39, 0.29) is 29.0 Å². The van der Waals surface area contributed by atoms with E-state index in [2.05, 4.69) is 11.4 Å². The molecule has 1 fully saturated rings. The van der Waals surface area contributed by atoms with E-state index in [1.54, 1.807) is 6.92 Å². The monoisotopic (exact) mass is 323 g/mol. The lowest BCUT2D eigenvalue weighted by molar-refractivity contribution is -0.384. The number of nitrogens with one attached hydrogen (secondary N) is 1. The molecule has 116 valence electrons. The van der Waals surface area contributed by atoms with Crippen LogP contribution in [0.2, 0.25) is 5.02 Å². The number of amides is 1. The number of benzene rings is 1. The average molecular weight is 324 g/mol. The molecule has 22 heavy (non-hydrogen) atoms. The number of nitrogens with zero attached hydrogens (tertiary/aromatic N) is 2. The van der Waals surface area contributed by atoms with E-state index < -0.39 is 16.4 Å². The van der Waals surface area contributed by atoms with Gasteiger partial charge in [0.05, 0.1) is 16.0 Å². The highest BCUT2D eigenvalue weighted by atomic mass is 35.5. The van der Waals surface area contributed by atoms with Gasteiger partial charge in [-0.05, 0) is 31.7 Å². The minimum absolute atomic E-state index is 0.0484. The van der Waals surface area contributed by atoms with Crippen molar-refractivity contribution >= 4 is 23.2 Å². The minimum Gasteiger partial charge on any atom is -0.482 e. The molecule has 1 aliphatic rings. The molecule has 8 heteroatoms. The van der Waals surface area contributed by atoms with Gasteiger partial charge in [-0.1, -0.05) is 11.6 Å². The van der Waals surface area contributed by atoms with Gasteiger partial charge in [-0.25, -0.2) is 0 Å². The predicted molar refractivity (Wildman–Crippen MR) is 78.5 cm³/mol. The van der Waals surface area contributed by atoms with E-state index in [9.17, 15) is 14.9 Å². The van der Waals surface area contributed by atoms with Gasteiger partial charge in [0.15, 0.2) is 6.61 Å². The molecule has 0 aromatic heterocycles. The molecule has 0 radical (unpaired) electrons. The van der Waals surface area contributed by atoms with E-state index in [4.69, 9.17) is 21.6 Å². The van der Waals surface area contributed by atoms with Gasteiger partial charge in [0.25, 0.3) is 11.6 Å². The summed E-state index contributed by atoms with van der Waals surface area (Å²) in [6.07, 6.45) is 1.83. The van der Waals surface area contributed by atoms with Crippen molar-refractivity contribution < 1.29 is 14.5 Å². The standard InChI is InChI=1S/C14H14ClN3O4/c1-14(8-16,9-2-3-9)17-13(19)7-22-12-5-4-10(18(20)21)6-11(12)15/h4-6,9H,2-3,7H2,1H3,(H,17,19). The smallest absolute Gasteiger partial charge is 0.271 e. The van der Waals surface area contributed by atoms with E-state index in [0.29, 0.717) is 0 Å². The topological polar surface area (TPSA) is 105 Å². The Balaban J connectivity index is 1.94. The summed E-state index contributed by atoms with van der Waals surface area (Å²) < 4.78 is 5.25. The fourth-order valence-corrected chi connectivity index (χ4v) is 2.30. The minimum atomic E-state index is -0.889. The molecular weight excluding hydrogens is 310 g/mol. The van der Waals surface area contributed by atoms with Gasteiger partial charge in [0, 0.05) is 12.1 Å². The Morgan fingerprint density at radius 1 is 1.64 bits per heavy atom. The number of non-ortho nitro benzene ring substituents is 1. The molecule has 1 aliphatic carbocycles. The summed E-state index contributed by atoms with van der Waals surface area (Å²) in [5, 5.41) is 22.5. The fraction of sp³-hybridized carbons (Fsp3) is 0.429. The number of nitriles is 1. The van der Waals surface area contributed by atoms with E-state index in [0.717, 1.165) is 18.9 Å². The van der Waals surface area contributed by atoms with E-state index in [1.165, 1.54) is 12.1 Å². The van der Waals surface area contributed by atoms with Crippen LogP contribution in [0.4, 0.5) is 5.69 Å². The van der Waals surface area contributed by atoms with Gasteiger partial charge in [-0.2, -0.15) is 5.26 Å². The average Bonchev–Trinajstić information content (AvgIpc) is 3.30. The van der Waals surface area contributed by atoms with Gasteiger partial charge in [-0.15, -0.1) is 0 Å². The maximum Gasteiger partial charge on any atom is 0.271 e. The molecule has 0 bridgehead atoms. The molecule has 0 heterocycles. The largest absolute Gasteiger partial charge is 0.482 e. The Kier molecular flexibility index (Phi) is 4.52. The fourth-order valence-electron chi connectivity index (χ4n) is 2.07. The Morgan fingerprint density at radius 3 is 2.82 bits per heavy atom. The second kappa shape index (κ2) is 6.20. The number of halogens is 1. The lowest BCUT2D eigenvalue weighted by Crippen LogP contribution is -2.48. The quantitative estimate of drug-likeness (QED) is 0.639. The molecule has 7 nitrogen and oxygen atoms in total. The zero-order valence-electron chi connectivity index (χ0n) is 11.8. The molecule has 0 spiro atoms. The first-order chi connectivity index (χ1) is 10.4. The van der Waals surface area contributed by atoms with Crippen LogP contribution >= 0.6 is 11.6 Å². The van der Waals surface area contributed by atoms with Crippen molar-refractivity contribution in [3.63, 3.8) is 0 Å². The van der Waals surface area contributed by atoms with Crippen molar-refractivity contribution in [1.29, 1.82) is 5.26 Å². The Hall–Kier alpha value is -2.33. The number of hydrogen-bond donors (Lipinski definition) is 1. The lowest BCUT2D eigenvalue weighted by Gasteiger charge is -2.22. The first-order valence-electron chi connectivity index (χ1n) is 6.65. The summed E-state index contributed by atoms with van der Waals surface area (Å²) in [7, 11) is 0. The molecule has 0 saturated heterocycles. The maximum atomic E-state index is 11.9. The zero-order valence-corrected chi connectivity index (χ0v) is 12.6. The van der Waals surface area contributed by atoms with Gasteiger partial charge < -0.3 is 10.1 Å². The Morgan fingerprint density at radius 2 is 2.32 bits per heavy atom. The third kappa shape index (κ3) is 3.65. The van der Waals surface area contributed by atoms with Crippen LogP contribution in [-0.2, 0) is 4.79 Å². The number of nitro groups is 1. The maximum absolute atomic E-state index is 11.9. The Labute approximate surface area is 132 Å². The van der Waals surface area contributed by atoms with Crippen LogP contribution in [0.1, 0.15) is 19.8 Å². The van der Waals surface area contributed by atoms with Crippen LogP contribution in [0.15, 0.2) is 18.2 Å². The van der Waals surface area contributed by atoms with Crippen molar-refractivity contribution in [3.8, 4) is 11.8 Å². The third-order valence-corrected chi connectivity index (χ3v) is 3.81. The molecule has 1 amide bonds. The van der Waals surface area contributed by atoms with Crippen LogP contribution in [0.25, 0.3) is 0 Å². The highest BCUT2D eigenvalue weighted by Gasteiger charge is 2.43. The number of hydrogen-bond acceptors (Lipinski definition) is 5. The van der Waals surface area contributed by atoms with Crippen molar-refractivity contribution in [1.82, 2.24) is 5.32 Å². The number of carbonyl (C=O) groups excluding carboxylic acids is 1. The van der Waals surface area contributed by atoms with Gasteiger partial charge in [-0.3, -0.25) is 14.9 Å². The van der Waals surface area contributed by atoms with Crippen molar-refractivity contribution in [2.45, 2.75) is 25.3 Å². The summed E-state index contributed by atoms with van der Waals surface area (Å²) in [4.78, 5) is 21.9. The number of ether oxygens (including phenoxy) is 1. The van der Waals surface area contributed by atoms with Gasteiger partial charge in [0.2, 0.25) is 0 Å². The number of rotatable bonds is 6. The Bertz CT molecular complexity index is 654. The first-order valence-corrected chi connectivity index (χ1v) is 7.02. The zero-order chi connectivity index (χ0) is 16.3. The highest BCUT2D eigenvalue weighted by Crippen LogP contribution is 2.39. The summed E-state index contributed by atoms with van der Waals surface area (Å²) in [5.41, 5.74) is -1.05. The second-order valence-corrected chi connectivity index (χ2v) is 5.70. The van der Waals surface area contributed by atoms with Gasteiger partial charge >= 0.3 is 0 Å². The normalized spacial score (nSPS) is 16.2. The van der Waals surface area contributed by atoms with Crippen molar-refractivity contribution in [2.75, 3.05) is 6.61 Å². The summed E-state index contributed by atoms with van der Waals surface area (Å²) in [6.45, 7) is 1.36. The molecule has 1 aromatic rings. The van der Waals surface area contributed by atoms with Crippen LogP contribution in [-0.4, -0.2) is 23.0 Å². The SMILES string of the molecule is CC(C#N)(NC(=O)COc1ccc([N+](=O)[O-])cc1Cl)C1CC1. The summed E-state index contributed by atoms with van der Waals surface area (Å²) >= 11 is 5.86. The molecule has 2 rings (SSSR count). The molecule has 1 saturated carbocycles. The number of carbonyl (C=O) groups is 1. The van der Waals surface area contributed by atoms with Crippen molar-refractivity contribution in [3.05, 3.63) is 33.3 Å². The highest BCUT2D eigenvalue weighted by molar-refractivity contribution is 6.32. The molecule has 1 aromatic carbocycles. The third-order valence-electron chi connectivity index (χ3n) is 3.51. The lowest BCUT2D eigenvalue weighted by atomic mass is 9.98.